The van der Waals surface area contributed by atoms with E-state index in [9.17, 15) is 4.79 Å². The number of hydrogen-bond donors (Lipinski definition) is 1. The van der Waals surface area contributed by atoms with Gasteiger partial charge in [0.1, 0.15) is 6.33 Å². The average molecular weight is 224 g/mol. The molecule has 76 valence electrons. The highest BCUT2D eigenvalue weighted by Crippen LogP contribution is 2.23. The van der Waals surface area contributed by atoms with E-state index in [0.29, 0.717) is 22.8 Å². The van der Waals surface area contributed by atoms with E-state index >= 15 is 0 Å². The number of halogens is 1. The molecule has 1 amide bonds. The summed E-state index contributed by atoms with van der Waals surface area (Å²) in [6.07, 6.45) is 2.01. The molecule has 0 unspecified atom stereocenters. The molecule has 1 N–H and O–H groups in total. The SMILES string of the molecule is O=CNc1cc(-n2cnnn2)ccc1Cl. The third-order valence-corrected chi connectivity index (χ3v) is 2.11. The highest BCUT2D eigenvalue weighted by Gasteiger charge is 2.03. The standard InChI is InChI=1S/C8H6ClN5O/c9-7-2-1-6(3-8(7)10-5-15)14-4-11-12-13-14/h1-5H,(H,10,15). The maximum atomic E-state index is 10.3. The maximum Gasteiger partial charge on any atom is 0.211 e. The number of hydrogen-bond acceptors (Lipinski definition) is 4. The number of nitrogens with one attached hydrogen (secondary N) is 1. The minimum absolute atomic E-state index is 0.457. The molecule has 0 aliphatic heterocycles. The predicted octanol–water partition coefficient (Wildman–Crippen LogP) is 0.884. The van der Waals surface area contributed by atoms with Gasteiger partial charge in [-0.1, -0.05) is 11.6 Å². The summed E-state index contributed by atoms with van der Waals surface area (Å²) < 4.78 is 1.46. The number of tetrazole rings is 1. The number of nitrogens with zero attached hydrogens (tertiary/aromatic N) is 4. The van der Waals surface area contributed by atoms with Gasteiger partial charge in [-0.05, 0) is 28.6 Å². The van der Waals surface area contributed by atoms with Crippen molar-refractivity contribution < 1.29 is 4.79 Å². The zero-order chi connectivity index (χ0) is 10.7. The van der Waals surface area contributed by atoms with Crippen molar-refractivity contribution in [1.29, 1.82) is 0 Å². The second-order valence-electron chi connectivity index (χ2n) is 2.68. The number of anilines is 1. The summed E-state index contributed by atoms with van der Waals surface area (Å²) in [5.41, 5.74) is 1.23. The first-order chi connectivity index (χ1) is 7.31. The third kappa shape index (κ3) is 1.94. The van der Waals surface area contributed by atoms with Crippen LogP contribution in [0.15, 0.2) is 24.5 Å². The first-order valence-electron chi connectivity index (χ1n) is 4.04. The van der Waals surface area contributed by atoms with E-state index in [1.165, 1.54) is 11.0 Å². The van der Waals surface area contributed by atoms with Crippen molar-refractivity contribution in [2.24, 2.45) is 0 Å². The lowest BCUT2D eigenvalue weighted by molar-refractivity contribution is -0.105. The zero-order valence-corrected chi connectivity index (χ0v) is 8.22. The second-order valence-corrected chi connectivity index (χ2v) is 3.09. The molecule has 0 radical (unpaired) electrons. The van der Waals surface area contributed by atoms with Crippen LogP contribution in [0.2, 0.25) is 5.02 Å². The van der Waals surface area contributed by atoms with Crippen LogP contribution < -0.4 is 5.32 Å². The Morgan fingerprint density at radius 2 is 2.33 bits per heavy atom. The molecular formula is C8H6ClN5O. The Morgan fingerprint density at radius 3 is 3.00 bits per heavy atom. The zero-order valence-electron chi connectivity index (χ0n) is 7.46. The maximum absolute atomic E-state index is 10.3. The summed E-state index contributed by atoms with van der Waals surface area (Å²) in [7, 11) is 0. The second kappa shape index (κ2) is 4.05. The smallest absolute Gasteiger partial charge is 0.211 e. The Kier molecular flexibility index (Phi) is 2.59. The lowest BCUT2D eigenvalue weighted by Crippen LogP contribution is -1.99. The van der Waals surface area contributed by atoms with E-state index in [-0.39, 0.29) is 0 Å². The van der Waals surface area contributed by atoms with Gasteiger partial charge >= 0.3 is 0 Å². The van der Waals surface area contributed by atoms with E-state index in [0.717, 1.165) is 0 Å². The van der Waals surface area contributed by atoms with Crippen LogP contribution in [0, 0.1) is 0 Å². The van der Waals surface area contributed by atoms with Gasteiger partial charge in [0.2, 0.25) is 6.41 Å². The van der Waals surface area contributed by atoms with Crippen LogP contribution in [0.5, 0.6) is 0 Å². The summed E-state index contributed by atoms with van der Waals surface area (Å²) in [4.78, 5) is 10.3. The number of rotatable bonds is 3. The largest absolute Gasteiger partial charge is 0.327 e. The Hall–Kier alpha value is -1.95. The van der Waals surface area contributed by atoms with Crippen LogP contribution in [0.25, 0.3) is 5.69 Å². The predicted molar refractivity (Wildman–Crippen MR) is 53.9 cm³/mol. The Morgan fingerprint density at radius 1 is 1.47 bits per heavy atom. The molecule has 1 aromatic carbocycles. The molecule has 7 heteroatoms. The molecule has 2 rings (SSSR count). The van der Waals surface area contributed by atoms with Gasteiger partial charge in [0.25, 0.3) is 0 Å². The summed E-state index contributed by atoms with van der Waals surface area (Å²) in [6.45, 7) is 0. The molecule has 0 fully saturated rings. The molecule has 15 heavy (non-hydrogen) atoms. The monoisotopic (exact) mass is 223 g/mol. The highest BCUT2D eigenvalue weighted by atomic mass is 35.5. The van der Waals surface area contributed by atoms with Gasteiger partial charge in [0.05, 0.1) is 16.4 Å². The molecule has 1 heterocycles. The molecule has 0 atom stereocenters. The van der Waals surface area contributed by atoms with Gasteiger partial charge in [-0.2, -0.15) is 0 Å². The molecule has 6 nitrogen and oxygen atoms in total. The molecule has 0 bridgehead atoms. The van der Waals surface area contributed by atoms with Gasteiger partial charge in [-0.25, -0.2) is 4.68 Å². The van der Waals surface area contributed by atoms with Gasteiger partial charge in [0, 0.05) is 0 Å². The minimum Gasteiger partial charge on any atom is -0.327 e. The molecule has 2 aromatic rings. The van der Waals surface area contributed by atoms with Crippen molar-refractivity contribution >= 4 is 23.7 Å². The van der Waals surface area contributed by atoms with E-state index in [1.807, 2.05) is 0 Å². The normalized spacial score (nSPS) is 9.93. The fraction of sp³-hybridized carbons (Fsp3) is 0. The van der Waals surface area contributed by atoms with Gasteiger partial charge in [0.15, 0.2) is 0 Å². The van der Waals surface area contributed by atoms with Crippen LogP contribution >= 0.6 is 11.6 Å². The molecule has 1 aromatic heterocycles. The van der Waals surface area contributed by atoms with Gasteiger partial charge < -0.3 is 5.32 Å². The molecule has 0 aliphatic rings. The summed E-state index contributed by atoms with van der Waals surface area (Å²) in [5, 5.41) is 13.7. The van der Waals surface area contributed by atoms with E-state index in [4.69, 9.17) is 11.6 Å². The van der Waals surface area contributed by atoms with Crippen LogP contribution in [0.3, 0.4) is 0 Å². The van der Waals surface area contributed by atoms with Gasteiger partial charge in [-0.3, -0.25) is 4.79 Å². The quantitative estimate of drug-likeness (QED) is 0.785. The lowest BCUT2D eigenvalue weighted by Gasteiger charge is -2.04. The van der Waals surface area contributed by atoms with Gasteiger partial charge in [-0.15, -0.1) is 5.10 Å². The van der Waals surface area contributed by atoms with Crippen LogP contribution in [0.4, 0.5) is 5.69 Å². The first-order valence-corrected chi connectivity index (χ1v) is 4.42. The van der Waals surface area contributed by atoms with Crippen molar-refractivity contribution in [3.8, 4) is 5.69 Å². The van der Waals surface area contributed by atoms with E-state index < -0.39 is 0 Å². The molecule has 0 saturated carbocycles. The van der Waals surface area contributed by atoms with E-state index in [2.05, 4.69) is 20.8 Å². The van der Waals surface area contributed by atoms with Crippen molar-refractivity contribution in [2.75, 3.05) is 5.32 Å². The summed E-state index contributed by atoms with van der Waals surface area (Å²) in [5.74, 6) is 0. The fourth-order valence-electron chi connectivity index (χ4n) is 1.11. The third-order valence-electron chi connectivity index (χ3n) is 1.78. The number of amides is 1. The topological polar surface area (TPSA) is 72.7 Å². The lowest BCUT2D eigenvalue weighted by atomic mass is 10.3. The Balaban J connectivity index is 2.42. The number of benzene rings is 1. The fourth-order valence-corrected chi connectivity index (χ4v) is 1.28. The molecular weight excluding hydrogens is 218 g/mol. The van der Waals surface area contributed by atoms with Crippen molar-refractivity contribution in [1.82, 2.24) is 20.2 Å². The number of carbonyl (C=O) groups excluding carboxylic acids is 1. The first kappa shape index (κ1) is 9.60. The van der Waals surface area contributed by atoms with Crippen molar-refractivity contribution in [3.63, 3.8) is 0 Å². The number of carbonyl (C=O) groups is 1. The highest BCUT2D eigenvalue weighted by molar-refractivity contribution is 6.33. The van der Waals surface area contributed by atoms with Crippen molar-refractivity contribution in [3.05, 3.63) is 29.5 Å². The minimum atomic E-state index is 0.457. The van der Waals surface area contributed by atoms with E-state index in [1.54, 1.807) is 18.2 Å². The van der Waals surface area contributed by atoms with Crippen LogP contribution in [-0.2, 0) is 4.79 Å². The van der Waals surface area contributed by atoms with Crippen LogP contribution in [-0.4, -0.2) is 26.6 Å². The molecule has 0 saturated heterocycles. The summed E-state index contributed by atoms with van der Waals surface area (Å²) >= 11 is 5.85. The van der Waals surface area contributed by atoms with Crippen LogP contribution in [0.1, 0.15) is 0 Å². The average Bonchev–Trinajstić information content (AvgIpc) is 2.75. The molecule has 0 aliphatic carbocycles. The molecule has 0 spiro atoms. The summed E-state index contributed by atoms with van der Waals surface area (Å²) in [6, 6.07) is 5.08. The Bertz CT molecular complexity index is 470. The number of aromatic nitrogens is 4. The Labute approximate surface area is 89.9 Å². The van der Waals surface area contributed by atoms with Crippen molar-refractivity contribution in [2.45, 2.75) is 0 Å².